The van der Waals surface area contributed by atoms with Gasteiger partial charge >= 0.3 is 5.97 Å². The fourth-order valence-corrected chi connectivity index (χ4v) is 1.67. The lowest BCUT2D eigenvalue weighted by molar-refractivity contribution is 0.0396. The van der Waals surface area contributed by atoms with Crippen molar-refractivity contribution < 1.29 is 24.1 Å². The maximum Gasteiger partial charge on any atom is 0.339 e. The van der Waals surface area contributed by atoms with E-state index in [4.69, 9.17) is 19.3 Å². The molecule has 20 heavy (non-hydrogen) atoms. The Balaban J connectivity index is 2.37. The summed E-state index contributed by atoms with van der Waals surface area (Å²) in [4.78, 5) is 11.1. The van der Waals surface area contributed by atoms with Gasteiger partial charge in [0, 0.05) is 6.61 Å². The molecular weight excluding hydrogens is 260 g/mol. The molecule has 0 aliphatic carbocycles. The van der Waals surface area contributed by atoms with Gasteiger partial charge in [-0.05, 0) is 24.1 Å². The van der Waals surface area contributed by atoms with E-state index in [0.29, 0.717) is 25.6 Å². The molecule has 1 rings (SSSR count). The van der Waals surface area contributed by atoms with Crippen LogP contribution in [0.5, 0.6) is 5.75 Å². The van der Waals surface area contributed by atoms with E-state index in [0.717, 1.165) is 25.0 Å². The van der Waals surface area contributed by atoms with Crippen molar-refractivity contribution in [2.75, 3.05) is 26.9 Å². The minimum Gasteiger partial charge on any atom is -0.496 e. The van der Waals surface area contributed by atoms with Crippen molar-refractivity contribution in [3.63, 3.8) is 0 Å². The predicted molar refractivity (Wildman–Crippen MR) is 75.3 cm³/mol. The maximum absolute atomic E-state index is 11.1. The summed E-state index contributed by atoms with van der Waals surface area (Å²) in [5.74, 6) is -0.657. The lowest BCUT2D eigenvalue weighted by Crippen LogP contribution is -2.06. The minimum atomic E-state index is -1.01. The summed E-state index contributed by atoms with van der Waals surface area (Å²) in [6.45, 7) is 4.29. The van der Waals surface area contributed by atoms with Crippen LogP contribution in [-0.2, 0) is 16.1 Å². The van der Waals surface area contributed by atoms with Crippen molar-refractivity contribution in [1.29, 1.82) is 0 Å². The molecule has 0 aliphatic heterocycles. The molecule has 0 aromatic heterocycles. The molecular formula is C15H22O5. The molecule has 0 atom stereocenters. The first-order valence-corrected chi connectivity index (χ1v) is 6.74. The standard InChI is InChI=1S/C15H22O5/c1-3-4-7-19-8-9-20-11-12-5-6-14(18-2)13(10-12)15(16)17/h5-6,10H,3-4,7-9,11H2,1-2H3,(H,16,17). The predicted octanol–water partition coefficient (Wildman–Crippen LogP) is 2.73. The Morgan fingerprint density at radius 3 is 2.60 bits per heavy atom. The fraction of sp³-hybridized carbons (Fsp3) is 0.533. The van der Waals surface area contributed by atoms with E-state index < -0.39 is 5.97 Å². The molecule has 1 N–H and O–H groups in total. The van der Waals surface area contributed by atoms with Crippen LogP contribution < -0.4 is 4.74 Å². The highest BCUT2D eigenvalue weighted by Crippen LogP contribution is 2.20. The summed E-state index contributed by atoms with van der Waals surface area (Å²) in [7, 11) is 1.45. The molecule has 0 unspecified atom stereocenters. The molecule has 0 bridgehead atoms. The maximum atomic E-state index is 11.1. The van der Waals surface area contributed by atoms with Crippen LogP contribution in [0.25, 0.3) is 0 Å². The third kappa shape index (κ3) is 5.59. The second-order valence-corrected chi connectivity index (χ2v) is 4.36. The van der Waals surface area contributed by atoms with E-state index in [-0.39, 0.29) is 5.56 Å². The number of ether oxygens (including phenoxy) is 3. The zero-order chi connectivity index (χ0) is 14.8. The molecule has 1 aromatic carbocycles. The quantitative estimate of drug-likeness (QED) is 0.668. The van der Waals surface area contributed by atoms with Gasteiger partial charge in [0.05, 0.1) is 26.9 Å². The molecule has 0 saturated heterocycles. The number of rotatable bonds is 10. The van der Waals surface area contributed by atoms with Gasteiger partial charge in [0.2, 0.25) is 0 Å². The van der Waals surface area contributed by atoms with Gasteiger partial charge in [0.1, 0.15) is 11.3 Å². The van der Waals surface area contributed by atoms with Gasteiger partial charge in [-0.3, -0.25) is 0 Å². The van der Waals surface area contributed by atoms with Gasteiger partial charge in [-0.2, -0.15) is 0 Å². The van der Waals surface area contributed by atoms with E-state index in [1.165, 1.54) is 7.11 Å². The number of hydrogen-bond acceptors (Lipinski definition) is 4. The van der Waals surface area contributed by atoms with Crippen molar-refractivity contribution in [3.8, 4) is 5.75 Å². The minimum absolute atomic E-state index is 0.146. The number of unbranched alkanes of at least 4 members (excludes halogenated alkanes) is 1. The van der Waals surface area contributed by atoms with E-state index in [1.54, 1.807) is 18.2 Å². The summed E-state index contributed by atoms with van der Waals surface area (Å²) in [6.07, 6.45) is 2.17. The van der Waals surface area contributed by atoms with Crippen LogP contribution >= 0.6 is 0 Å². The molecule has 5 heteroatoms. The number of carboxylic acid groups (broad SMARTS) is 1. The topological polar surface area (TPSA) is 65.0 Å². The van der Waals surface area contributed by atoms with Crippen molar-refractivity contribution >= 4 is 5.97 Å². The van der Waals surface area contributed by atoms with Gasteiger partial charge in [-0.25, -0.2) is 4.79 Å². The fourth-order valence-electron chi connectivity index (χ4n) is 1.67. The molecule has 1 aromatic rings. The second kappa shape index (κ2) is 9.34. The Labute approximate surface area is 119 Å². The van der Waals surface area contributed by atoms with E-state index in [9.17, 15) is 4.79 Å². The first-order chi connectivity index (χ1) is 9.69. The molecule has 0 fully saturated rings. The zero-order valence-corrected chi connectivity index (χ0v) is 12.1. The van der Waals surface area contributed by atoms with E-state index >= 15 is 0 Å². The molecule has 0 spiro atoms. The van der Waals surface area contributed by atoms with Gasteiger partial charge in [0.15, 0.2) is 0 Å². The van der Waals surface area contributed by atoms with Crippen LogP contribution in [0.2, 0.25) is 0 Å². The number of aromatic carboxylic acids is 1. The number of benzene rings is 1. The first-order valence-electron chi connectivity index (χ1n) is 6.74. The lowest BCUT2D eigenvalue weighted by Gasteiger charge is -2.09. The summed E-state index contributed by atoms with van der Waals surface area (Å²) < 4.78 is 15.8. The Morgan fingerprint density at radius 2 is 1.95 bits per heavy atom. The third-order valence-electron chi connectivity index (χ3n) is 2.78. The second-order valence-electron chi connectivity index (χ2n) is 4.36. The largest absolute Gasteiger partial charge is 0.496 e. The Bertz CT molecular complexity index is 417. The normalized spacial score (nSPS) is 10.5. The number of carboxylic acids is 1. The van der Waals surface area contributed by atoms with Crippen LogP contribution in [0.1, 0.15) is 35.7 Å². The molecule has 0 aliphatic rings. The summed E-state index contributed by atoms with van der Waals surface area (Å²) in [5.41, 5.74) is 0.949. The van der Waals surface area contributed by atoms with Crippen LogP contribution in [0.3, 0.4) is 0 Å². The number of carbonyl (C=O) groups is 1. The van der Waals surface area contributed by atoms with Crippen LogP contribution in [0, 0.1) is 0 Å². The summed E-state index contributed by atoms with van der Waals surface area (Å²) in [6, 6.07) is 5.00. The first kappa shape index (κ1) is 16.5. The van der Waals surface area contributed by atoms with Gasteiger partial charge < -0.3 is 19.3 Å². The highest BCUT2D eigenvalue weighted by atomic mass is 16.5. The van der Waals surface area contributed by atoms with Crippen LogP contribution in [0.15, 0.2) is 18.2 Å². The Kier molecular flexibility index (Phi) is 7.69. The van der Waals surface area contributed by atoms with Crippen molar-refractivity contribution in [2.24, 2.45) is 0 Å². The zero-order valence-electron chi connectivity index (χ0n) is 12.1. The number of methoxy groups -OCH3 is 1. The van der Waals surface area contributed by atoms with Gasteiger partial charge in [0.25, 0.3) is 0 Å². The third-order valence-corrected chi connectivity index (χ3v) is 2.78. The monoisotopic (exact) mass is 282 g/mol. The number of hydrogen-bond donors (Lipinski definition) is 1. The Hall–Kier alpha value is -1.59. The average molecular weight is 282 g/mol. The Morgan fingerprint density at radius 1 is 1.20 bits per heavy atom. The highest BCUT2D eigenvalue weighted by Gasteiger charge is 2.11. The van der Waals surface area contributed by atoms with Crippen molar-refractivity contribution in [1.82, 2.24) is 0 Å². The smallest absolute Gasteiger partial charge is 0.339 e. The molecule has 0 saturated carbocycles. The van der Waals surface area contributed by atoms with Crippen molar-refractivity contribution in [2.45, 2.75) is 26.4 Å². The highest BCUT2D eigenvalue weighted by molar-refractivity contribution is 5.91. The van der Waals surface area contributed by atoms with Crippen LogP contribution in [0.4, 0.5) is 0 Å². The molecule has 0 heterocycles. The molecule has 5 nitrogen and oxygen atoms in total. The van der Waals surface area contributed by atoms with E-state index in [2.05, 4.69) is 6.92 Å². The van der Waals surface area contributed by atoms with E-state index in [1.807, 2.05) is 0 Å². The summed E-state index contributed by atoms with van der Waals surface area (Å²) >= 11 is 0. The lowest BCUT2D eigenvalue weighted by atomic mass is 10.1. The molecule has 112 valence electrons. The molecule has 0 radical (unpaired) electrons. The summed E-state index contributed by atoms with van der Waals surface area (Å²) in [5, 5.41) is 9.07. The van der Waals surface area contributed by atoms with Gasteiger partial charge in [-0.1, -0.05) is 19.4 Å². The van der Waals surface area contributed by atoms with Crippen molar-refractivity contribution in [3.05, 3.63) is 29.3 Å². The average Bonchev–Trinajstić information content (AvgIpc) is 2.46. The SMILES string of the molecule is CCCCOCCOCc1ccc(OC)c(C(=O)O)c1. The van der Waals surface area contributed by atoms with Gasteiger partial charge in [-0.15, -0.1) is 0 Å². The van der Waals surface area contributed by atoms with Crippen LogP contribution in [-0.4, -0.2) is 38.0 Å². The molecule has 0 amide bonds.